The van der Waals surface area contributed by atoms with Crippen molar-refractivity contribution in [2.45, 2.75) is 17.6 Å². The van der Waals surface area contributed by atoms with Crippen LogP contribution >= 0.6 is 11.3 Å². The molecular formula is C10H15N3O4S2. The van der Waals surface area contributed by atoms with E-state index in [-0.39, 0.29) is 22.6 Å². The van der Waals surface area contributed by atoms with Crippen molar-refractivity contribution in [3.63, 3.8) is 0 Å². The maximum absolute atomic E-state index is 11.3. The van der Waals surface area contributed by atoms with Gasteiger partial charge in [0.1, 0.15) is 4.21 Å². The highest BCUT2D eigenvalue weighted by atomic mass is 32.2. The van der Waals surface area contributed by atoms with Crippen LogP contribution in [0.25, 0.3) is 0 Å². The smallest absolute Gasteiger partial charge is 0.247 e. The van der Waals surface area contributed by atoms with Crippen molar-refractivity contribution in [1.29, 1.82) is 0 Å². The zero-order chi connectivity index (χ0) is 14.5. The monoisotopic (exact) mass is 305 g/mol. The number of hydrogen-bond donors (Lipinski definition) is 3. The summed E-state index contributed by atoms with van der Waals surface area (Å²) in [7, 11) is -3.66. The Morgan fingerprint density at radius 3 is 2.53 bits per heavy atom. The van der Waals surface area contributed by atoms with Gasteiger partial charge in [-0.2, -0.15) is 0 Å². The van der Waals surface area contributed by atoms with E-state index in [0.717, 1.165) is 16.2 Å². The van der Waals surface area contributed by atoms with Gasteiger partial charge in [-0.25, -0.2) is 13.6 Å². The molecule has 0 fully saturated rings. The fourth-order valence-electron chi connectivity index (χ4n) is 1.24. The van der Waals surface area contributed by atoms with Gasteiger partial charge >= 0.3 is 0 Å². The summed E-state index contributed by atoms with van der Waals surface area (Å²) in [6.45, 7) is 1.62. The number of nitrogens with one attached hydrogen (secondary N) is 2. The lowest BCUT2D eigenvalue weighted by Gasteiger charge is -2.04. The van der Waals surface area contributed by atoms with Crippen molar-refractivity contribution in [1.82, 2.24) is 10.6 Å². The van der Waals surface area contributed by atoms with Crippen molar-refractivity contribution in [2.24, 2.45) is 5.14 Å². The van der Waals surface area contributed by atoms with E-state index in [1.54, 1.807) is 6.07 Å². The first-order valence-corrected chi connectivity index (χ1v) is 7.78. The largest absolute Gasteiger partial charge is 0.354 e. The quantitative estimate of drug-likeness (QED) is 0.637. The second-order valence-electron chi connectivity index (χ2n) is 3.78. The Kier molecular flexibility index (Phi) is 5.45. The van der Waals surface area contributed by atoms with E-state index < -0.39 is 10.0 Å². The Labute approximate surface area is 115 Å². The molecule has 4 N–H and O–H groups in total. The summed E-state index contributed by atoms with van der Waals surface area (Å²) in [5.74, 6) is -0.565. The summed E-state index contributed by atoms with van der Waals surface area (Å²) in [6, 6.07) is 3.10. The molecule has 0 bridgehead atoms. The molecule has 0 saturated heterocycles. The zero-order valence-corrected chi connectivity index (χ0v) is 11.9. The normalized spacial score (nSPS) is 11.1. The minimum absolute atomic E-state index is 0.0673. The lowest BCUT2D eigenvalue weighted by atomic mass is 10.3. The molecular weight excluding hydrogens is 290 g/mol. The van der Waals surface area contributed by atoms with Crippen LogP contribution in [0.3, 0.4) is 0 Å². The molecule has 0 aliphatic rings. The molecule has 0 radical (unpaired) electrons. The maximum Gasteiger partial charge on any atom is 0.247 e. The molecule has 0 atom stereocenters. The topological polar surface area (TPSA) is 118 Å². The maximum atomic E-state index is 11.3. The van der Waals surface area contributed by atoms with Crippen LogP contribution in [0.1, 0.15) is 11.8 Å². The SMILES string of the molecule is CC(=O)NCC(=O)NCCc1ccc(S(N)(=O)=O)s1. The van der Waals surface area contributed by atoms with Crippen molar-refractivity contribution in [3.05, 3.63) is 17.0 Å². The fraction of sp³-hybridized carbons (Fsp3) is 0.400. The van der Waals surface area contributed by atoms with Crippen molar-refractivity contribution >= 4 is 33.2 Å². The molecule has 1 aromatic rings. The summed E-state index contributed by atoms with van der Waals surface area (Å²) in [4.78, 5) is 22.7. The Morgan fingerprint density at radius 1 is 1.32 bits per heavy atom. The standard InChI is InChI=1S/C10H15N3O4S2/c1-7(14)13-6-9(15)12-5-4-8-2-3-10(18-8)19(11,16)17/h2-3H,4-6H2,1H3,(H,12,15)(H,13,14)(H2,11,16,17). The molecule has 0 unspecified atom stereocenters. The van der Waals surface area contributed by atoms with Gasteiger partial charge in [-0.05, 0) is 18.6 Å². The Bertz CT molecular complexity index is 565. The second-order valence-corrected chi connectivity index (χ2v) is 6.73. The van der Waals surface area contributed by atoms with Crippen LogP contribution < -0.4 is 15.8 Å². The summed E-state index contributed by atoms with van der Waals surface area (Å²) >= 11 is 1.08. The molecule has 0 aliphatic carbocycles. The van der Waals surface area contributed by atoms with Gasteiger partial charge in [-0.1, -0.05) is 0 Å². The molecule has 1 aromatic heterocycles. The predicted molar refractivity (Wildman–Crippen MR) is 71.1 cm³/mol. The van der Waals surface area contributed by atoms with Crippen LogP contribution in [-0.4, -0.2) is 33.3 Å². The molecule has 7 nitrogen and oxygen atoms in total. The number of hydrogen-bond acceptors (Lipinski definition) is 5. The molecule has 0 spiro atoms. The Hall–Kier alpha value is -1.45. The number of nitrogens with two attached hydrogens (primary N) is 1. The van der Waals surface area contributed by atoms with Gasteiger partial charge < -0.3 is 10.6 Å². The third kappa shape index (κ3) is 5.81. The number of carbonyl (C=O) groups is 2. The highest BCUT2D eigenvalue weighted by molar-refractivity contribution is 7.91. The van der Waals surface area contributed by atoms with E-state index in [4.69, 9.17) is 5.14 Å². The highest BCUT2D eigenvalue weighted by Crippen LogP contribution is 2.20. The summed E-state index contributed by atoms with van der Waals surface area (Å²) in [5, 5.41) is 9.97. The van der Waals surface area contributed by atoms with Crippen LogP contribution in [0.5, 0.6) is 0 Å². The molecule has 1 rings (SSSR count). The summed E-state index contributed by atoms with van der Waals surface area (Å²) in [5.41, 5.74) is 0. The van der Waals surface area contributed by atoms with Gasteiger partial charge in [0.05, 0.1) is 6.54 Å². The lowest BCUT2D eigenvalue weighted by Crippen LogP contribution is -2.36. The third-order valence-corrected chi connectivity index (χ3v) is 4.69. The molecule has 0 aliphatic heterocycles. The van der Waals surface area contributed by atoms with E-state index in [9.17, 15) is 18.0 Å². The molecule has 0 aromatic carbocycles. The van der Waals surface area contributed by atoms with Crippen molar-refractivity contribution in [3.8, 4) is 0 Å². The number of primary sulfonamides is 1. The molecule has 9 heteroatoms. The van der Waals surface area contributed by atoms with Crippen LogP contribution in [0, 0.1) is 0 Å². The van der Waals surface area contributed by atoms with Crippen LogP contribution in [0.4, 0.5) is 0 Å². The van der Waals surface area contributed by atoms with Crippen LogP contribution in [0.15, 0.2) is 16.3 Å². The number of carbonyl (C=O) groups excluding carboxylic acids is 2. The first-order chi connectivity index (χ1) is 8.79. The summed E-state index contributed by atoms with van der Waals surface area (Å²) in [6.07, 6.45) is 0.506. The average molecular weight is 305 g/mol. The number of rotatable bonds is 6. The first kappa shape index (κ1) is 15.6. The molecule has 2 amide bonds. The van der Waals surface area contributed by atoms with Crippen LogP contribution in [-0.2, 0) is 26.0 Å². The van der Waals surface area contributed by atoms with Crippen LogP contribution in [0.2, 0.25) is 0 Å². The van der Waals surface area contributed by atoms with Gasteiger partial charge in [-0.15, -0.1) is 11.3 Å². The van der Waals surface area contributed by atoms with Crippen molar-refractivity contribution in [2.75, 3.05) is 13.1 Å². The average Bonchev–Trinajstić information content (AvgIpc) is 2.74. The number of amides is 2. The number of sulfonamides is 1. The van der Waals surface area contributed by atoms with E-state index in [2.05, 4.69) is 10.6 Å². The zero-order valence-electron chi connectivity index (χ0n) is 10.3. The third-order valence-electron chi connectivity index (χ3n) is 2.11. The van der Waals surface area contributed by atoms with Gasteiger partial charge in [0.15, 0.2) is 0 Å². The Morgan fingerprint density at radius 2 is 2.00 bits per heavy atom. The Balaban J connectivity index is 2.36. The molecule has 0 saturated carbocycles. The van der Waals surface area contributed by atoms with Gasteiger partial charge in [-0.3, -0.25) is 9.59 Å². The number of thiophene rings is 1. The van der Waals surface area contributed by atoms with Crippen molar-refractivity contribution < 1.29 is 18.0 Å². The van der Waals surface area contributed by atoms with E-state index in [1.165, 1.54) is 13.0 Å². The molecule has 106 valence electrons. The van der Waals surface area contributed by atoms with Gasteiger partial charge in [0.2, 0.25) is 21.8 Å². The highest BCUT2D eigenvalue weighted by Gasteiger charge is 2.11. The molecule has 1 heterocycles. The second kappa shape index (κ2) is 6.64. The van der Waals surface area contributed by atoms with E-state index in [1.807, 2.05) is 0 Å². The van der Waals surface area contributed by atoms with Gasteiger partial charge in [0.25, 0.3) is 0 Å². The van der Waals surface area contributed by atoms with Gasteiger partial charge in [0, 0.05) is 18.3 Å². The fourth-order valence-corrected chi connectivity index (χ4v) is 3.02. The lowest BCUT2D eigenvalue weighted by molar-refractivity contribution is -0.125. The van der Waals surface area contributed by atoms with E-state index >= 15 is 0 Å². The predicted octanol–water partition coefficient (Wildman–Crippen LogP) is -0.810. The first-order valence-electron chi connectivity index (χ1n) is 5.41. The summed E-state index contributed by atoms with van der Waals surface area (Å²) < 4.78 is 22.2. The van der Waals surface area contributed by atoms with E-state index in [0.29, 0.717) is 13.0 Å². The minimum Gasteiger partial charge on any atom is -0.354 e. The molecule has 19 heavy (non-hydrogen) atoms. The minimum atomic E-state index is -3.66.